The number of hydrogen-bond acceptors (Lipinski definition) is 2. The lowest BCUT2D eigenvalue weighted by atomic mass is 10.0. The summed E-state index contributed by atoms with van der Waals surface area (Å²) in [5, 5.41) is 0.220. The number of hydrogen-bond donors (Lipinski definition) is 0. The Morgan fingerprint density at radius 1 is 1.27 bits per heavy atom. The van der Waals surface area contributed by atoms with E-state index in [-0.39, 0.29) is 31.9 Å². The van der Waals surface area contributed by atoms with Crippen molar-refractivity contribution in [2.75, 3.05) is 0 Å². The molecule has 0 saturated carbocycles. The minimum absolute atomic E-state index is 0.00406. The third-order valence-electron chi connectivity index (χ3n) is 3.99. The first-order valence-corrected chi connectivity index (χ1v) is 8.64. The molecule has 0 aliphatic heterocycles. The average Bonchev–Trinajstić information content (AvgIpc) is 2.96. The van der Waals surface area contributed by atoms with Crippen LogP contribution in [-0.2, 0) is 13.2 Å². The summed E-state index contributed by atoms with van der Waals surface area (Å²) in [7, 11) is 0.987. The Morgan fingerprint density at radius 2 is 1.92 bits per heavy atom. The topological polar surface area (TPSA) is 35.1 Å². The van der Waals surface area contributed by atoms with Crippen molar-refractivity contribution in [2.24, 2.45) is 7.05 Å². The molecule has 0 aliphatic carbocycles. The summed E-state index contributed by atoms with van der Waals surface area (Å²) in [5.74, 6) is -0.383. The van der Waals surface area contributed by atoms with Gasteiger partial charge in [-0.1, -0.05) is 27.5 Å². The van der Waals surface area contributed by atoms with E-state index < -0.39 is 23.2 Å². The van der Waals surface area contributed by atoms with Crippen molar-refractivity contribution in [3.8, 4) is 11.1 Å². The molecule has 26 heavy (non-hydrogen) atoms. The number of alkyl halides is 4. The van der Waals surface area contributed by atoms with Gasteiger partial charge < -0.3 is 8.98 Å². The molecule has 3 nitrogen and oxygen atoms in total. The van der Waals surface area contributed by atoms with Crippen LogP contribution in [0.1, 0.15) is 23.2 Å². The predicted molar refractivity (Wildman–Crippen MR) is 94.2 cm³/mol. The Labute approximate surface area is 158 Å². The van der Waals surface area contributed by atoms with E-state index in [1.807, 2.05) is 0 Å². The van der Waals surface area contributed by atoms with Crippen LogP contribution in [0.25, 0.3) is 22.1 Å². The molecule has 138 valence electrons. The highest BCUT2D eigenvalue weighted by Crippen LogP contribution is 2.39. The van der Waals surface area contributed by atoms with Gasteiger partial charge in [-0.25, -0.2) is 4.39 Å². The van der Waals surface area contributed by atoms with E-state index >= 15 is 0 Å². The molecule has 0 fully saturated rings. The number of aromatic nitrogens is 1. The molecule has 0 amide bonds. The van der Waals surface area contributed by atoms with E-state index in [2.05, 4.69) is 15.9 Å². The summed E-state index contributed by atoms with van der Waals surface area (Å²) in [6.45, 7) is 1.78. The number of pyridine rings is 1. The maximum atomic E-state index is 14.6. The van der Waals surface area contributed by atoms with Crippen LogP contribution in [0.5, 0.6) is 0 Å². The summed E-state index contributed by atoms with van der Waals surface area (Å²) >= 11 is 9.34. The highest BCUT2D eigenvalue weighted by molar-refractivity contribution is 9.09. The van der Waals surface area contributed by atoms with E-state index in [0.717, 1.165) is 25.2 Å². The number of fused-ring (bicyclic) bond motifs is 1. The van der Waals surface area contributed by atoms with E-state index in [0.29, 0.717) is 10.3 Å². The molecule has 3 aromatic rings. The molecule has 2 aromatic heterocycles. The molecule has 2 heterocycles. The largest absolute Gasteiger partial charge is 0.458 e. The van der Waals surface area contributed by atoms with Gasteiger partial charge in [-0.2, -0.15) is 13.2 Å². The normalized spacial score (nSPS) is 13.4. The number of rotatable bonds is 2. The fourth-order valence-electron chi connectivity index (χ4n) is 2.73. The van der Waals surface area contributed by atoms with Crippen LogP contribution in [0.2, 0.25) is 5.02 Å². The molecular formula is C17H11BrClF4NO2. The molecule has 1 unspecified atom stereocenters. The molecule has 3 rings (SSSR count). The first kappa shape index (κ1) is 19.0. The Morgan fingerprint density at radius 3 is 2.50 bits per heavy atom. The number of furan rings is 1. The molecule has 0 bridgehead atoms. The van der Waals surface area contributed by atoms with Gasteiger partial charge in [-0.05, 0) is 31.2 Å². The molecule has 1 aromatic carbocycles. The van der Waals surface area contributed by atoms with Crippen molar-refractivity contribution in [1.82, 2.24) is 4.57 Å². The first-order valence-electron chi connectivity index (χ1n) is 7.35. The zero-order valence-corrected chi connectivity index (χ0v) is 15.8. The van der Waals surface area contributed by atoms with Gasteiger partial charge in [0.2, 0.25) is 0 Å². The third-order valence-corrected chi connectivity index (χ3v) is 4.72. The van der Waals surface area contributed by atoms with Gasteiger partial charge in [0.1, 0.15) is 17.3 Å². The van der Waals surface area contributed by atoms with Gasteiger partial charge >= 0.3 is 6.18 Å². The Hall–Kier alpha value is -1.80. The Bertz CT molecular complexity index is 1070. The van der Waals surface area contributed by atoms with E-state index in [9.17, 15) is 22.4 Å². The minimum atomic E-state index is -4.70. The van der Waals surface area contributed by atoms with Crippen molar-refractivity contribution in [3.05, 3.63) is 56.9 Å². The van der Waals surface area contributed by atoms with Crippen LogP contribution in [-0.4, -0.2) is 4.57 Å². The van der Waals surface area contributed by atoms with Gasteiger partial charge in [-0.15, -0.1) is 0 Å². The molecule has 9 heteroatoms. The lowest BCUT2D eigenvalue weighted by Crippen LogP contribution is -2.26. The van der Waals surface area contributed by atoms with Gasteiger partial charge in [0.05, 0.1) is 15.4 Å². The van der Waals surface area contributed by atoms with Crippen LogP contribution < -0.4 is 5.56 Å². The monoisotopic (exact) mass is 451 g/mol. The average molecular weight is 453 g/mol. The summed E-state index contributed by atoms with van der Waals surface area (Å²) in [4.78, 5) is 12.3. The fourth-order valence-corrected chi connectivity index (χ4v) is 3.19. The quantitative estimate of drug-likeness (QED) is 0.350. The van der Waals surface area contributed by atoms with Crippen LogP contribution in [0.15, 0.2) is 33.5 Å². The van der Waals surface area contributed by atoms with Gasteiger partial charge in [0.15, 0.2) is 5.58 Å². The molecular weight excluding hydrogens is 442 g/mol. The molecule has 0 spiro atoms. The molecule has 0 aliphatic rings. The zero-order chi connectivity index (χ0) is 19.4. The second kappa shape index (κ2) is 6.42. The smallest absolute Gasteiger partial charge is 0.431 e. The number of nitrogens with zero attached hydrogens (tertiary/aromatic N) is 1. The summed E-state index contributed by atoms with van der Waals surface area (Å²) in [6, 6.07) is 4.19. The number of halogens is 6. The van der Waals surface area contributed by atoms with Crippen molar-refractivity contribution in [2.45, 2.75) is 17.9 Å². The van der Waals surface area contributed by atoms with E-state index in [1.54, 1.807) is 6.92 Å². The third kappa shape index (κ3) is 3.05. The first-order chi connectivity index (χ1) is 12.0. The van der Waals surface area contributed by atoms with Gasteiger partial charge in [0.25, 0.3) is 5.56 Å². The Kier molecular flexibility index (Phi) is 4.69. The highest BCUT2D eigenvalue weighted by atomic mass is 79.9. The van der Waals surface area contributed by atoms with Crippen LogP contribution in [0.3, 0.4) is 0 Å². The summed E-state index contributed by atoms with van der Waals surface area (Å²) < 4.78 is 59.6. The number of benzene rings is 1. The molecule has 0 saturated heterocycles. The second-order valence-corrected chi connectivity index (χ2v) is 7.50. The standard InChI is InChI=1S/C17H11BrClF4NO2/c1-7(18)12-5-9-14(11(20)6-10(19)15(9)26-12)8-3-4-13(17(21,22)23)24(2)16(8)25/h3-7H,1-2H3. The summed E-state index contributed by atoms with van der Waals surface area (Å²) in [5.41, 5.74) is -2.31. The predicted octanol–water partition coefficient (Wildman–Crippen LogP) is 6.07. The maximum Gasteiger partial charge on any atom is 0.431 e. The van der Waals surface area contributed by atoms with Crippen molar-refractivity contribution in [1.29, 1.82) is 0 Å². The second-order valence-electron chi connectivity index (χ2n) is 5.72. The van der Waals surface area contributed by atoms with Gasteiger partial charge in [-0.3, -0.25) is 4.79 Å². The van der Waals surface area contributed by atoms with Gasteiger partial charge in [0, 0.05) is 18.0 Å². The minimum Gasteiger partial charge on any atom is -0.458 e. The Balaban J connectivity index is 2.36. The molecule has 0 N–H and O–H groups in total. The van der Waals surface area contributed by atoms with Crippen LogP contribution in [0.4, 0.5) is 17.6 Å². The van der Waals surface area contributed by atoms with Crippen molar-refractivity contribution >= 4 is 38.5 Å². The lowest BCUT2D eigenvalue weighted by Gasteiger charge is -2.13. The fraction of sp³-hybridized carbons (Fsp3) is 0.235. The molecule has 0 radical (unpaired) electrons. The van der Waals surface area contributed by atoms with Crippen LogP contribution >= 0.6 is 27.5 Å². The lowest BCUT2D eigenvalue weighted by molar-refractivity contribution is -0.143. The van der Waals surface area contributed by atoms with Crippen molar-refractivity contribution in [3.63, 3.8) is 0 Å². The highest BCUT2D eigenvalue weighted by Gasteiger charge is 2.34. The SMILES string of the molecule is CC(Br)c1cc2c(-c3ccc(C(F)(F)F)n(C)c3=O)c(F)cc(Cl)c2o1. The molecule has 1 atom stereocenters. The van der Waals surface area contributed by atoms with E-state index in [4.69, 9.17) is 16.0 Å². The van der Waals surface area contributed by atoms with Crippen LogP contribution in [0, 0.1) is 5.82 Å². The summed E-state index contributed by atoms with van der Waals surface area (Å²) in [6.07, 6.45) is -4.70. The zero-order valence-electron chi connectivity index (χ0n) is 13.4. The van der Waals surface area contributed by atoms with E-state index in [1.165, 1.54) is 6.07 Å². The van der Waals surface area contributed by atoms with Crippen molar-refractivity contribution < 1.29 is 22.0 Å². The maximum absolute atomic E-state index is 14.6.